The van der Waals surface area contributed by atoms with E-state index in [-0.39, 0.29) is 0 Å². The third kappa shape index (κ3) is 3.63. The minimum absolute atomic E-state index is 0.374. The number of hydrogen-bond donors (Lipinski definition) is 1. The lowest BCUT2D eigenvalue weighted by atomic mass is 10.1. The molecule has 7 heteroatoms. The zero-order valence-corrected chi connectivity index (χ0v) is 16.0. The first-order valence-electron chi connectivity index (χ1n) is 8.98. The smallest absolute Gasteiger partial charge is 0.220 e. The number of nitrogens with one attached hydrogen (secondary N) is 1. The Kier molecular flexibility index (Phi) is 4.56. The van der Waals surface area contributed by atoms with Gasteiger partial charge in [0.15, 0.2) is 5.76 Å². The molecule has 0 aliphatic rings. The molecular formula is C22H15N5OS. The molecule has 0 atom stereocenters. The Morgan fingerprint density at radius 3 is 2.69 bits per heavy atom. The van der Waals surface area contributed by atoms with Crippen LogP contribution in [0.4, 0.5) is 10.8 Å². The summed E-state index contributed by atoms with van der Waals surface area (Å²) in [5.41, 5.74) is 3.73. The summed E-state index contributed by atoms with van der Waals surface area (Å²) in [5.74, 6) is 0.909. The van der Waals surface area contributed by atoms with Crippen molar-refractivity contribution in [2.75, 3.05) is 0 Å². The number of H-pyrrole nitrogens is 1. The zero-order chi connectivity index (χ0) is 19.5. The van der Waals surface area contributed by atoms with Crippen LogP contribution >= 0.6 is 11.3 Å². The van der Waals surface area contributed by atoms with Crippen molar-refractivity contribution < 1.29 is 4.42 Å². The number of rotatable bonds is 4. The molecule has 29 heavy (non-hydrogen) atoms. The predicted octanol–water partition coefficient (Wildman–Crippen LogP) is 6.75. The number of aliphatic imine (C=N–C) groups is 1. The van der Waals surface area contributed by atoms with Crippen LogP contribution in [0.15, 0.2) is 104 Å². The average Bonchev–Trinajstić information content (AvgIpc) is 3.52. The monoisotopic (exact) mass is 397 g/mol. The number of amidine groups is 1. The molecule has 0 spiro atoms. The maximum atomic E-state index is 5.48. The van der Waals surface area contributed by atoms with E-state index in [1.54, 1.807) is 18.4 Å². The van der Waals surface area contributed by atoms with E-state index < -0.39 is 0 Å². The lowest BCUT2D eigenvalue weighted by Gasteiger charge is -1.96. The number of furan rings is 1. The van der Waals surface area contributed by atoms with E-state index >= 15 is 0 Å². The molecule has 3 aromatic heterocycles. The Balaban J connectivity index is 1.50. The second-order valence-corrected chi connectivity index (χ2v) is 7.05. The van der Waals surface area contributed by atoms with E-state index in [0.29, 0.717) is 16.7 Å². The van der Waals surface area contributed by atoms with Crippen molar-refractivity contribution in [1.82, 2.24) is 9.97 Å². The van der Waals surface area contributed by atoms with Gasteiger partial charge in [0.05, 0.1) is 17.6 Å². The van der Waals surface area contributed by atoms with Crippen LogP contribution in [0.5, 0.6) is 0 Å². The van der Waals surface area contributed by atoms with Crippen molar-refractivity contribution in [3.05, 3.63) is 90.3 Å². The average molecular weight is 397 g/mol. The number of aromatic nitrogens is 2. The lowest BCUT2D eigenvalue weighted by Crippen LogP contribution is -1.93. The number of para-hydroxylation sites is 1. The molecule has 0 aliphatic heterocycles. The minimum Gasteiger partial charge on any atom is -0.461 e. The number of thiazole rings is 1. The largest absolute Gasteiger partial charge is 0.461 e. The van der Waals surface area contributed by atoms with Gasteiger partial charge in [-0.05, 0) is 30.3 Å². The highest BCUT2D eigenvalue weighted by molar-refractivity contribution is 7.13. The summed E-state index contributed by atoms with van der Waals surface area (Å²) < 4.78 is 5.48. The standard InChI is InChI=1S/C22H15N5OS/c1-2-7-15(8-3-1)26-27-21(20-11-6-12-28-20)25-22-24-19(14-29-22)17-13-23-18-10-5-4-9-16(17)18/h1-14,23H/b25-21+,27-26?. The van der Waals surface area contributed by atoms with Crippen LogP contribution in [-0.2, 0) is 0 Å². The fraction of sp³-hybridized carbons (Fsp3) is 0. The van der Waals surface area contributed by atoms with Crippen molar-refractivity contribution in [3.8, 4) is 11.3 Å². The molecule has 0 amide bonds. The van der Waals surface area contributed by atoms with Gasteiger partial charge in [0.1, 0.15) is 0 Å². The summed E-state index contributed by atoms with van der Waals surface area (Å²) in [7, 11) is 0. The van der Waals surface area contributed by atoms with E-state index in [2.05, 4.69) is 31.3 Å². The van der Waals surface area contributed by atoms with Crippen molar-refractivity contribution in [1.29, 1.82) is 0 Å². The first-order chi connectivity index (χ1) is 14.4. The molecule has 140 valence electrons. The summed E-state index contributed by atoms with van der Waals surface area (Å²) in [4.78, 5) is 12.5. The van der Waals surface area contributed by atoms with Gasteiger partial charge in [-0.1, -0.05) is 36.4 Å². The molecule has 5 aromatic rings. The molecule has 0 radical (unpaired) electrons. The Morgan fingerprint density at radius 2 is 1.83 bits per heavy atom. The first kappa shape index (κ1) is 17.3. The number of azo groups is 1. The summed E-state index contributed by atoms with van der Waals surface area (Å²) in [5, 5.41) is 12.3. The van der Waals surface area contributed by atoms with Crippen LogP contribution < -0.4 is 0 Å². The second-order valence-electron chi connectivity index (χ2n) is 6.21. The van der Waals surface area contributed by atoms with Gasteiger partial charge in [-0.15, -0.1) is 21.6 Å². The SMILES string of the molecule is c1ccc(N=N/C(=N/c2nc(-c3c[nH]c4ccccc34)cs2)c2ccco2)cc1. The van der Waals surface area contributed by atoms with E-state index in [4.69, 9.17) is 4.42 Å². The number of benzene rings is 2. The molecule has 1 N–H and O–H groups in total. The maximum Gasteiger partial charge on any atom is 0.220 e. The van der Waals surface area contributed by atoms with E-state index in [1.807, 2.05) is 60.1 Å². The van der Waals surface area contributed by atoms with Gasteiger partial charge in [-0.25, -0.2) is 4.98 Å². The molecule has 0 saturated carbocycles. The number of fused-ring (bicyclic) bond motifs is 1. The fourth-order valence-electron chi connectivity index (χ4n) is 2.95. The summed E-state index contributed by atoms with van der Waals surface area (Å²) in [6.45, 7) is 0. The highest BCUT2D eigenvalue weighted by atomic mass is 32.1. The van der Waals surface area contributed by atoms with E-state index in [0.717, 1.165) is 27.8 Å². The van der Waals surface area contributed by atoms with Crippen molar-refractivity contribution in [2.45, 2.75) is 0 Å². The normalized spacial score (nSPS) is 12.2. The zero-order valence-electron chi connectivity index (χ0n) is 15.2. The van der Waals surface area contributed by atoms with Crippen molar-refractivity contribution in [2.24, 2.45) is 15.2 Å². The quantitative estimate of drug-likeness (QED) is 0.207. The van der Waals surface area contributed by atoms with Crippen LogP contribution in [0, 0.1) is 0 Å². The Bertz CT molecular complexity index is 1300. The molecule has 6 nitrogen and oxygen atoms in total. The van der Waals surface area contributed by atoms with Gasteiger partial charge >= 0.3 is 0 Å². The van der Waals surface area contributed by atoms with Gasteiger partial charge in [-0.2, -0.15) is 4.99 Å². The molecule has 2 aromatic carbocycles. The van der Waals surface area contributed by atoms with Gasteiger partial charge in [0, 0.05) is 28.0 Å². The van der Waals surface area contributed by atoms with Gasteiger partial charge in [0.2, 0.25) is 11.0 Å². The highest BCUT2D eigenvalue weighted by Crippen LogP contribution is 2.32. The number of nitrogens with zero attached hydrogens (tertiary/aromatic N) is 4. The lowest BCUT2D eigenvalue weighted by molar-refractivity contribution is 0.556. The topological polar surface area (TPSA) is 78.9 Å². The minimum atomic E-state index is 0.374. The van der Waals surface area contributed by atoms with Crippen molar-refractivity contribution in [3.63, 3.8) is 0 Å². The molecule has 3 heterocycles. The third-order valence-corrected chi connectivity index (χ3v) is 5.05. The van der Waals surface area contributed by atoms with Gasteiger partial charge in [-0.3, -0.25) is 0 Å². The summed E-state index contributed by atoms with van der Waals surface area (Å²) in [6.07, 6.45) is 3.55. The molecule has 0 saturated heterocycles. The van der Waals surface area contributed by atoms with Gasteiger partial charge in [0.25, 0.3) is 0 Å². The van der Waals surface area contributed by atoms with Crippen LogP contribution in [0.2, 0.25) is 0 Å². The third-order valence-electron chi connectivity index (χ3n) is 4.32. The van der Waals surface area contributed by atoms with E-state index in [9.17, 15) is 0 Å². The predicted molar refractivity (Wildman–Crippen MR) is 115 cm³/mol. The molecule has 0 unspecified atom stereocenters. The first-order valence-corrected chi connectivity index (χ1v) is 9.86. The second kappa shape index (κ2) is 7.65. The Labute approximate surface area is 170 Å². The fourth-order valence-corrected chi connectivity index (χ4v) is 3.63. The number of aromatic amines is 1. The maximum absolute atomic E-state index is 5.48. The molecule has 5 rings (SSSR count). The summed E-state index contributed by atoms with van der Waals surface area (Å²) in [6, 6.07) is 21.2. The summed E-state index contributed by atoms with van der Waals surface area (Å²) >= 11 is 1.45. The molecule has 0 fully saturated rings. The highest BCUT2D eigenvalue weighted by Gasteiger charge is 2.12. The number of hydrogen-bond acceptors (Lipinski definition) is 5. The van der Waals surface area contributed by atoms with Crippen molar-refractivity contribution >= 4 is 38.9 Å². The molecule has 0 aliphatic carbocycles. The van der Waals surface area contributed by atoms with Crippen LogP contribution in [0.1, 0.15) is 5.76 Å². The molecular weight excluding hydrogens is 382 g/mol. The Morgan fingerprint density at radius 1 is 0.966 bits per heavy atom. The molecule has 0 bridgehead atoms. The van der Waals surface area contributed by atoms with Crippen LogP contribution in [-0.4, -0.2) is 15.8 Å². The van der Waals surface area contributed by atoms with Crippen LogP contribution in [0.25, 0.3) is 22.2 Å². The van der Waals surface area contributed by atoms with Crippen LogP contribution in [0.3, 0.4) is 0 Å². The van der Waals surface area contributed by atoms with E-state index in [1.165, 1.54) is 11.3 Å². The Hall–Kier alpha value is -3.84. The van der Waals surface area contributed by atoms with Gasteiger partial charge < -0.3 is 9.40 Å².